The number of ether oxygens (including phenoxy) is 3. The monoisotopic (exact) mass is 495 g/mol. The summed E-state index contributed by atoms with van der Waals surface area (Å²) < 4.78 is 15.2. The third kappa shape index (κ3) is 10.6. The molecule has 0 amide bonds. The Hall–Kier alpha value is -3.15. The van der Waals surface area contributed by atoms with Crippen LogP contribution in [0.2, 0.25) is 0 Å². The Bertz CT molecular complexity index is 925. The van der Waals surface area contributed by atoms with Crippen molar-refractivity contribution >= 4 is 0 Å². The van der Waals surface area contributed by atoms with E-state index in [1.54, 1.807) is 33.7 Å². The van der Waals surface area contributed by atoms with E-state index in [1.165, 1.54) is 5.56 Å². The molecule has 0 aliphatic carbocycles. The molecule has 0 spiro atoms. The maximum Gasteiger partial charge on any atom is 0.213 e. The van der Waals surface area contributed by atoms with E-state index >= 15 is 0 Å². The molecular weight excluding hydrogens is 450 g/mol. The lowest BCUT2D eigenvalue weighted by Crippen LogP contribution is -2.13. The first-order chi connectivity index (χ1) is 16.6. The molecule has 0 unspecified atom stereocenters. The summed E-state index contributed by atoms with van der Waals surface area (Å²) in [4.78, 5) is 12.7. The number of aromatic nitrogens is 3. The summed E-state index contributed by atoms with van der Waals surface area (Å²) in [6.45, 7) is 19.3. The van der Waals surface area contributed by atoms with Crippen LogP contribution in [0.4, 0.5) is 0 Å². The topological polar surface area (TPSA) is 66.4 Å². The van der Waals surface area contributed by atoms with Crippen LogP contribution in [0.15, 0.2) is 55.0 Å². The zero-order valence-corrected chi connectivity index (χ0v) is 24.3. The van der Waals surface area contributed by atoms with Crippen molar-refractivity contribution in [1.82, 2.24) is 15.0 Å². The fourth-order valence-corrected chi connectivity index (χ4v) is 2.84. The first-order valence-corrected chi connectivity index (χ1v) is 12.1. The molecule has 0 radical (unpaired) electrons. The molecule has 198 valence electrons. The first-order valence-electron chi connectivity index (χ1n) is 12.1. The van der Waals surface area contributed by atoms with Gasteiger partial charge < -0.3 is 14.2 Å². The molecule has 3 aromatic rings. The molecular formula is C30H45N3O3. The highest BCUT2D eigenvalue weighted by Gasteiger charge is 2.16. The van der Waals surface area contributed by atoms with Gasteiger partial charge in [-0.2, -0.15) is 0 Å². The summed E-state index contributed by atoms with van der Waals surface area (Å²) in [7, 11) is 4.96. The highest BCUT2D eigenvalue weighted by Crippen LogP contribution is 2.24. The van der Waals surface area contributed by atoms with Crippen LogP contribution in [-0.2, 0) is 16.2 Å². The van der Waals surface area contributed by atoms with E-state index in [2.05, 4.69) is 77.3 Å². The molecule has 0 N–H and O–H groups in total. The summed E-state index contributed by atoms with van der Waals surface area (Å²) in [5.41, 5.74) is 3.63. The molecule has 0 saturated heterocycles. The van der Waals surface area contributed by atoms with E-state index in [1.807, 2.05) is 42.6 Å². The van der Waals surface area contributed by atoms with Crippen LogP contribution in [0.3, 0.4) is 0 Å². The standard InChI is InChI=1S/3C10H15NO/c1-10(2,3)8-5-9(12-4)7-11-6-8;1-10(2,3)9-7-8(12-4)5-6-11-9;1-10(2,3)8-6-5-7-9(11-8)12-4/h3*5-7H,1-4H3. The quantitative estimate of drug-likeness (QED) is 0.384. The molecule has 0 bridgehead atoms. The maximum atomic E-state index is 5.11. The molecule has 6 heteroatoms. The van der Waals surface area contributed by atoms with Gasteiger partial charge in [0.15, 0.2) is 0 Å². The van der Waals surface area contributed by atoms with Crippen molar-refractivity contribution in [3.63, 3.8) is 0 Å². The first kappa shape index (κ1) is 30.9. The lowest BCUT2D eigenvalue weighted by Gasteiger charge is -2.18. The van der Waals surface area contributed by atoms with Gasteiger partial charge in [-0.1, -0.05) is 68.4 Å². The third-order valence-corrected chi connectivity index (χ3v) is 5.25. The van der Waals surface area contributed by atoms with Crippen molar-refractivity contribution in [2.24, 2.45) is 0 Å². The third-order valence-electron chi connectivity index (χ3n) is 5.25. The van der Waals surface area contributed by atoms with Gasteiger partial charge in [-0.25, -0.2) is 4.98 Å². The van der Waals surface area contributed by atoms with Gasteiger partial charge in [0.1, 0.15) is 11.5 Å². The van der Waals surface area contributed by atoms with Crippen molar-refractivity contribution in [2.45, 2.75) is 78.6 Å². The molecule has 0 aromatic carbocycles. The second-order valence-electron chi connectivity index (χ2n) is 11.5. The SMILES string of the molecule is COc1cccc(C(C)(C)C)n1.COc1ccnc(C(C)(C)C)c1.COc1cncc(C(C)(C)C)c1. The van der Waals surface area contributed by atoms with Crippen molar-refractivity contribution in [1.29, 1.82) is 0 Å². The van der Waals surface area contributed by atoms with Crippen LogP contribution in [-0.4, -0.2) is 36.3 Å². The predicted octanol–water partition coefficient (Wildman–Crippen LogP) is 7.16. The summed E-state index contributed by atoms with van der Waals surface area (Å²) in [6, 6.07) is 11.7. The fourth-order valence-electron chi connectivity index (χ4n) is 2.84. The molecule has 0 aliphatic rings. The summed E-state index contributed by atoms with van der Waals surface area (Å²) in [5, 5.41) is 0. The van der Waals surface area contributed by atoms with Crippen molar-refractivity contribution in [3.05, 3.63) is 71.9 Å². The number of hydrogen-bond donors (Lipinski definition) is 0. The normalized spacial score (nSPS) is 11.3. The Morgan fingerprint density at radius 2 is 1.22 bits per heavy atom. The molecule has 36 heavy (non-hydrogen) atoms. The Morgan fingerprint density at radius 3 is 1.72 bits per heavy atom. The van der Waals surface area contributed by atoms with Gasteiger partial charge in [-0.3, -0.25) is 9.97 Å². The van der Waals surface area contributed by atoms with Crippen LogP contribution in [0.5, 0.6) is 17.4 Å². The zero-order chi connectivity index (χ0) is 27.6. The zero-order valence-electron chi connectivity index (χ0n) is 24.3. The van der Waals surface area contributed by atoms with Crippen molar-refractivity contribution < 1.29 is 14.2 Å². The van der Waals surface area contributed by atoms with E-state index in [0.29, 0.717) is 5.88 Å². The second-order valence-corrected chi connectivity index (χ2v) is 11.5. The summed E-state index contributed by atoms with van der Waals surface area (Å²) >= 11 is 0. The smallest absolute Gasteiger partial charge is 0.213 e. The van der Waals surface area contributed by atoms with Gasteiger partial charge in [0.05, 0.1) is 27.5 Å². The minimum absolute atomic E-state index is 0.0918. The molecule has 0 aliphatic heterocycles. The number of methoxy groups -OCH3 is 3. The van der Waals surface area contributed by atoms with E-state index in [0.717, 1.165) is 22.9 Å². The van der Waals surface area contributed by atoms with Crippen LogP contribution >= 0.6 is 0 Å². The number of rotatable bonds is 3. The Morgan fingerprint density at radius 1 is 0.611 bits per heavy atom. The molecule has 0 fully saturated rings. The minimum atomic E-state index is 0.0918. The largest absolute Gasteiger partial charge is 0.497 e. The summed E-state index contributed by atoms with van der Waals surface area (Å²) in [5.74, 6) is 2.37. The van der Waals surface area contributed by atoms with Crippen LogP contribution < -0.4 is 14.2 Å². The maximum absolute atomic E-state index is 5.11. The molecule has 6 nitrogen and oxygen atoms in total. The Balaban J connectivity index is 0.000000270. The Kier molecular flexibility index (Phi) is 11.4. The number of pyridine rings is 3. The van der Waals surface area contributed by atoms with Gasteiger partial charge in [-0.15, -0.1) is 0 Å². The molecule has 3 heterocycles. The number of nitrogens with zero attached hydrogens (tertiary/aromatic N) is 3. The van der Waals surface area contributed by atoms with Crippen LogP contribution in [0.1, 0.15) is 79.3 Å². The van der Waals surface area contributed by atoms with Crippen LogP contribution in [0.25, 0.3) is 0 Å². The van der Waals surface area contributed by atoms with Gasteiger partial charge in [0, 0.05) is 46.7 Å². The Labute approximate surface area is 218 Å². The average molecular weight is 496 g/mol. The second kappa shape index (κ2) is 13.2. The fraction of sp³-hybridized carbons (Fsp3) is 0.500. The van der Waals surface area contributed by atoms with Gasteiger partial charge >= 0.3 is 0 Å². The number of hydrogen-bond acceptors (Lipinski definition) is 6. The minimum Gasteiger partial charge on any atom is -0.497 e. The van der Waals surface area contributed by atoms with E-state index in [-0.39, 0.29) is 16.2 Å². The lowest BCUT2D eigenvalue weighted by molar-refractivity contribution is 0.392. The van der Waals surface area contributed by atoms with E-state index < -0.39 is 0 Å². The van der Waals surface area contributed by atoms with E-state index in [9.17, 15) is 0 Å². The van der Waals surface area contributed by atoms with Crippen LogP contribution in [0, 0.1) is 0 Å². The molecule has 0 saturated carbocycles. The highest BCUT2D eigenvalue weighted by atomic mass is 16.5. The van der Waals surface area contributed by atoms with E-state index in [4.69, 9.17) is 14.2 Å². The summed E-state index contributed by atoms with van der Waals surface area (Å²) in [6.07, 6.45) is 5.37. The van der Waals surface area contributed by atoms with Gasteiger partial charge in [0.25, 0.3) is 0 Å². The van der Waals surface area contributed by atoms with Crippen molar-refractivity contribution in [2.75, 3.05) is 21.3 Å². The molecule has 3 rings (SSSR count). The lowest BCUT2D eigenvalue weighted by atomic mass is 9.88. The predicted molar refractivity (Wildman–Crippen MR) is 148 cm³/mol. The molecule has 0 atom stereocenters. The molecule has 3 aromatic heterocycles. The van der Waals surface area contributed by atoms with Gasteiger partial charge in [0.2, 0.25) is 5.88 Å². The average Bonchev–Trinajstić information content (AvgIpc) is 2.83. The highest BCUT2D eigenvalue weighted by molar-refractivity contribution is 5.28. The van der Waals surface area contributed by atoms with Crippen molar-refractivity contribution in [3.8, 4) is 17.4 Å². The van der Waals surface area contributed by atoms with Gasteiger partial charge in [-0.05, 0) is 29.2 Å².